The molecule has 1 aromatic carbocycles. The van der Waals surface area contributed by atoms with Crippen molar-refractivity contribution in [3.8, 4) is 0 Å². The Bertz CT molecular complexity index is 585. The number of anilines is 1. The van der Waals surface area contributed by atoms with Gasteiger partial charge in [0.2, 0.25) is 11.8 Å². The summed E-state index contributed by atoms with van der Waals surface area (Å²) in [5.74, 6) is 2.01. The SMILES string of the molecule is CN(C)c1ccc(CCc2nnc(C3CCNCC3)o2)cc1. The van der Waals surface area contributed by atoms with Gasteiger partial charge < -0.3 is 14.6 Å². The van der Waals surface area contributed by atoms with Crippen molar-refractivity contribution in [2.24, 2.45) is 0 Å². The van der Waals surface area contributed by atoms with Crippen molar-refractivity contribution in [2.75, 3.05) is 32.1 Å². The van der Waals surface area contributed by atoms with E-state index >= 15 is 0 Å². The first kappa shape index (κ1) is 15.0. The molecule has 1 aliphatic rings. The first-order chi connectivity index (χ1) is 10.7. The molecule has 1 aliphatic heterocycles. The lowest BCUT2D eigenvalue weighted by atomic mass is 9.98. The van der Waals surface area contributed by atoms with Crippen LogP contribution in [-0.2, 0) is 12.8 Å². The van der Waals surface area contributed by atoms with Crippen molar-refractivity contribution in [2.45, 2.75) is 31.6 Å². The van der Waals surface area contributed by atoms with E-state index in [-0.39, 0.29) is 0 Å². The fraction of sp³-hybridized carbons (Fsp3) is 0.529. The Morgan fingerprint density at radius 1 is 1.09 bits per heavy atom. The fourth-order valence-corrected chi connectivity index (χ4v) is 2.81. The molecule has 0 saturated carbocycles. The van der Waals surface area contributed by atoms with Gasteiger partial charge in [-0.1, -0.05) is 12.1 Å². The molecular weight excluding hydrogens is 276 g/mol. The van der Waals surface area contributed by atoms with Crippen LogP contribution in [0.5, 0.6) is 0 Å². The third kappa shape index (κ3) is 3.65. The van der Waals surface area contributed by atoms with Gasteiger partial charge >= 0.3 is 0 Å². The lowest BCUT2D eigenvalue weighted by Gasteiger charge is -2.18. The van der Waals surface area contributed by atoms with E-state index < -0.39 is 0 Å². The van der Waals surface area contributed by atoms with Crippen molar-refractivity contribution >= 4 is 5.69 Å². The molecule has 118 valence electrons. The smallest absolute Gasteiger partial charge is 0.219 e. The normalized spacial score (nSPS) is 15.9. The van der Waals surface area contributed by atoms with Gasteiger partial charge in [0, 0.05) is 32.1 Å². The Balaban J connectivity index is 1.56. The number of hydrogen-bond donors (Lipinski definition) is 1. The summed E-state index contributed by atoms with van der Waals surface area (Å²) in [5.41, 5.74) is 2.52. The largest absolute Gasteiger partial charge is 0.425 e. The van der Waals surface area contributed by atoms with Crippen LogP contribution in [-0.4, -0.2) is 37.4 Å². The zero-order valence-corrected chi connectivity index (χ0v) is 13.4. The Morgan fingerprint density at radius 2 is 1.82 bits per heavy atom. The number of benzene rings is 1. The molecule has 1 N–H and O–H groups in total. The Hall–Kier alpha value is -1.88. The predicted molar refractivity (Wildman–Crippen MR) is 87.3 cm³/mol. The van der Waals surface area contributed by atoms with Crippen molar-refractivity contribution in [1.82, 2.24) is 15.5 Å². The first-order valence-corrected chi connectivity index (χ1v) is 8.01. The molecule has 1 fully saturated rings. The fourth-order valence-electron chi connectivity index (χ4n) is 2.81. The topological polar surface area (TPSA) is 54.2 Å². The highest BCUT2D eigenvalue weighted by molar-refractivity contribution is 5.46. The highest BCUT2D eigenvalue weighted by Gasteiger charge is 2.20. The second kappa shape index (κ2) is 6.92. The highest BCUT2D eigenvalue weighted by atomic mass is 16.4. The quantitative estimate of drug-likeness (QED) is 0.919. The molecule has 5 nitrogen and oxygen atoms in total. The average molecular weight is 300 g/mol. The van der Waals surface area contributed by atoms with Crippen molar-refractivity contribution in [3.63, 3.8) is 0 Å². The van der Waals surface area contributed by atoms with Gasteiger partial charge in [0.15, 0.2) is 0 Å². The summed E-state index contributed by atoms with van der Waals surface area (Å²) in [6.45, 7) is 2.08. The van der Waals surface area contributed by atoms with Crippen molar-refractivity contribution < 1.29 is 4.42 Å². The summed E-state index contributed by atoms with van der Waals surface area (Å²) in [6.07, 6.45) is 3.92. The molecule has 22 heavy (non-hydrogen) atoms. The lowest BCUT2D eigenvalue weighted by Crippen LogP contribution is -2.26. The molecule has 0 radical (unpaired) electrons. The first-order valence-electron chi connectivity index (χ1n) is 8.01. The van der Waals surface area contributed by atoms with Gasteiger partial charge in [-0.3, -0.25) is 0 Å². The van der Waals surface area contributed by atoms with E-state index in [0.717, 1.165) is 50.6 Å². The zero-order chi connectivity index (χ0) is 15.4. The summed E-state index contributed by atoms with van der Waals surface area (Å²) in [7, 11) is 4.10. The second-order valence-electron chi connectivity index (χ2n) is 6.12. The maximum absolute atomic E-state index is 5.85. The molecular formula is C17H24N4O. The number of aryl methyl sites for hydroxylation is 2. The van der Waals surface area contributed by atoms with Crippen LogP contribution in [0.25, 0.3) is 0 Å². The van der Waals surface area contributed by atoms with Crippen molar-refractivity contribution in [1.29, 1.82) is 0 Å². The Morgan fingerprint density at radius 3 is 2.50 bits per heavy atom. The van der Waals surface area contributed by atoms with Crippen LogP contribution in [0.4, 0.5) is 5.69 Å². The van der Waals surface area contributed by atoms with Crippen LogP contribution >= 0.6 is 0 Å². The van der Waals surface area contributed by atoms with Gasteiger partial charge in [-0.05, 0) is 50.0 Å². The minimum atomic E-state index is 0.432. The molecule has 0 unspecified atom stereocenters. The van der Waals surface area contributed by atoms with Gasteiger partial charge in [0.25, 0.3) is 0 Å². The number of nitrogens with zero attached hydrogens (tertiary/aromatic N) is 3. The number of aromatic nitrogens is 2. The van der Waals surface area contributed by atoms with E-state index in [0.29, 0.717) is 5.92 Å². The maximum atomic E-state index is 5.85. The predicted octanol–water partition coefficient (Wildman–Crippen LogP) is 2.39. The van der Waals surface area contributed by atoms with E-state index in [1.807, 2.05) is 0 Å². The van der Waals surface area contributed by atoms with Gasteiger partial charge in [0.05, 0.1) is 0 Å². The second-order valence-corrected chi connectivity index (χ2v) is 6.12. The van der Waals surface area contributed by atoms with Crippen LogP contribution in [0.2, 0.25) is 0 Å². The molecule has 1 aromatic heterocycles. The standard InChI is InChI=1S/C17H24N4O/c1-21(2)15-6-3-13(4-7-15)5-8-16-19-20-17(22-16)14-9-11-18-12-10-14/h3-4,6-7,14,18H,5,8-12H2,1-2H3. The van der Waals surface area contributed by atoms with E-state index in [9.17, 15) is 0 Å². The molecule has 0 amide bonds. The molecule has 3 rings (SSSR count). The minimum absolute atomic E-state index is 0.432. The minimum Gasteiger partial charge on any atom is -0.425 e. The zero-order valence-electron chi connectivity index (χ0n) is 13.4. The molecule has 0 atom stereocenters. The van der Waals surface area contributed by atoms with Crippen LogP contribution in [0.15, 0.2) is 28.7 Å². The van der Waals surface area contributed by atoms with E-state index in [1.165, 1.54) is 11.3 Å². The van der Waals surface area contributed by atoms with E-state index in [4.69, 9.17) is 4.42 Å². The van der Waals surface area contributed by atoms with Crippen LogP contribution in [0, 0.1) is 0 Å². The highest BCUT2D eigenvalue weighted by Crippen LogP contribution is 2.24. The van der Waals surface area contributed by atoms with Crippen LogP contribution in [0.1, 0.15) is 36.1 Å². The molecule has 2 heterocycles. The van der Waals surface area contributed by atoms with Gasteiger partial charge in [-0.15, -0.1) is 10.2 Å². The monoisotopic (exact) mass is 300 g/mol. The van der Waals surface area contributed by atoms with Crippen molar-refractivity contribution in [3.05, 3.63) is 41.6 Å². The molecule has 0 aliphatic carbocycles. The third-order valence-corrected chi connectivity index (χ3v) is 4.25. The van der Waals surface area contributed by atoms with Crippen LogP contribution < -0.4 is 10.2 Å². The molecule has 0 spiro atoms. The maximum Gasteiger partial charge on any atom is 0.219 e. The number of rotatable bonds is 5. The van der Waals surface area contributed by atoms with Gasteiger partial charge in [0.1, 0.15) is 0 Å². The van der Waals surface area contributed by atoms with Gasteiger partial charge in [-0.25, -0.2) is 0 Å². The molecule has 1 saturated heterocycles. The van der Waals surface area contributed by atoms with Gasteiger partial charge in [-0.2, -0.15) is 0 Å². The summed E-state index contributed by atoms with van der Waals surface area (Å²) in [6, 6.07) is 8.62. The van der Waals surface area contributed by atoms with E-state index in [2.05, 4.69) is 58.8 Å². The van der Waals surface area contributed by atoms with E-state index in [1.54, 1.807) is 0 Å². The summed E-state index contributed by atoms with van der Waals surface area (Å²) in [5, 5.41) is 11.8. The lowest BCUT2D eigenvalue weighted by molar-refractivity contribution is 0.360. The number of hydrogen-bond acceptors (Lipinski definition) is 5. The number of piperidine rings is 1. The molecule has 5 heteroatoms. The molecule has 0 bridgehead atoms. The Kier molecular flexibility index (Phi) is 4.73. The average Bonchev–Trinajstić information content (AvgIpc) is 3.03. The summed E-state index contributed by atoms with van der Waals surface area (Å²) >= 11 is 0. The summed E-state index contributed by atoms with van der Waals surface area (Å²) < 4.78 is 5.85. The Labute approximate surface area is 131 Å². The number of nitrogens with one attached hydrogen (secondary N) is 1. The molecule has 2 aromatic rings. The summed E-state index contributed by atoms with van der Waals surface area (Å²) in [4.78, 5) is 2.10. The third-order valence-electron chi connectivity index (χ3n) is 4.25. The van der Waals surface area contributed by atoms with Crippen LogP contribution in [0.3, 0.4) is 0 Å².